The maximum Gasteiger partial charge on any atom is 0.343 e. The summed E-state index contributed by atoms with van der Waals surface area (Å²) < 4.78 is 6.94. The Labute approximate surface area is 198 Å². The van der Waals surface area contributed by atoms with E-state index in [0.717, 1.165) is 23.5 Å². The molecule has 8 heteroatoms. The molecule has 1 aromatic heterocycles. The molecule has 7 nitrogen and oxygen atoms in total. The summed E-state index contributed by atoms with van der Waals surface area (Å²) in [5.41, 5.74) is 7.57. The molecule has 176 valence electrons. The molecular weight excluding hydrogens is 436 g/mol. The Morgan fingerprint density at radius 3 is 2.39 bits per heavy atom. The second-order valence-corrected chi connectivity index (χ2v) is 11.4. The van der Waals surface area contributed by atoms with Crippen molar-refractivity contribution in [2.45, 2.75) is 50.2 Å². The smallest absolute Gasteiger partial charge is 0.343 e. The number of nitrogen functional groups attached to an aromatic ring is 1. The molecule has 1 aromatic carbocycles. The van der Waals surface area contributed by atoms with E-state index in [1.165, 1.54) is 49.4 Å². The summed E-state index contributed by atoms with van der Waals surface area (Å²) in [6.45, 7) is 2.69. The predicted molar refractivity (Wildman–Crippen MR) is 130 cm³/mol. The van der Waals surface area contributed by atoms with Crippen LogP contribution in [0.2, 0.25) is 0 Å². The number of carbonyl (C=O) groups is 2. The Morgan fingerprint density at radius 2 is 1.79 bits per heavy atom. The van der Waals surface area contributed by atoms with Crippen LogP contribution < -0.4 is 11.1 Å². The van der Waals surface area contributed by atoms with Gasteiger partial charge in [0.2, 0.25) is 0 Å². The van der Waals surface area contributed by atoms with E-state index in [2.05, 4.69) is 22.2 Å². The molecule has 4 aliphatic carbocycles. The van der Waals surface area contributed by atoms with E-state index in [-0.39, 0.29) is 23.9 Å². The summed E-state index contributed by atoms with van der Waals surface area (Å²) in [7, 11) is 0. The van der Waals surface area contributed by atoms with Crippen LogP contribution in [0.3, 0.4) is 0 Å². The number of benzene rings is 1. The van der Waals surface area contributed by atoms with Crippen LogP contribution >= 0.6 is 11.8 Å². The number of carbonyl (C=O) groups excluding carboxylic acids is 2. The van der Waals surface area contributed by atoms with Gasteiger partial charge in [0.15, 0.2) is 0 Å². The highest BCUT2D eigenvalue weighted by atomic mass is 32.2. The maximum absolute atomic E-state index is 12.6. The minimum atomic E-state index is -0.497. The van der Waals surface area contributed by atoms with Crippen molar-refractivity contribution in [3.63, 3.8) is 0 Å². The molecule has 0 atom stereocenters. The third-order valence-corrected chi connectivity index (χ3v) is 8.97. The Morgan fingerprint density at radius 1 is 1.15 bits per heavy atom. The average Bonchev–Trinajstić information content (AvgIpc) is 3.17. The van der Waals surface area contributed by atoms with E-state index in [1.807, 2.05) is 0 Å². The number of esters is 1. The van der Waals surface area contributed by atoms with Gasteiger partial charge in [-0.3, -0.25) is 4.79 Å². The second-order valence-electron chi connectivity index (χ2n) is 9.83. The molecule has 2 aromatic rings. The number of aromatic nitrogens is 2. The van der Waals surface area contributed by atoms with Crippen molar-refractivity contribution in [2.24, 2.45) is 17.8 Å². The van der Waals surface area contributed by atoms with Crippen LogP contribution in [0.25, 0.3) is 5.69 Å². The summed E-state index contributed by atoms with van der Waals surface area (Å²) in [5, 5.41) is 7.26. The lowest BCUT2D eigenvalue weighted by Crippen LogP contribution is -2.48. The summed E-state index contributed by atoms with van der Waals surface area (Å²) >= 11 is 2.10. The summed E-state index contributed by atoms with van der Waals surface area (Å²) in [6.07, 6.45) is 9.92. The highest BCUT2D eigenvalue weighted by molar-refractivity contribution is 8.00. The summed E-state index contributed by atoms with van der Waals surface area (Å²) in [4.78, 5) is 24.6. The molecule has 1 heterocycles. The van der Waals surface area contributed by atoms with Gasteiger partial charge in [0.25, 0.3) is 5.91 Å². The Balaban J connectivity index is 1.14. The van der Waals surface area contributed by atoms with Crippen LogP contribution in [-0.2, 0) is 4.74 Å². The molecule has 4 bridgehead atoms. The van der Waals surface area contributed by atoms with Gasteiger partial charge in [-0.2, -0.15) is 16.9 Å². The van der Waals surface area contributed by atoms with Gasteiger partial charge in [-0.05, 0) is 87.5 Å². The molecule has 0 spiro atoms. The van der Waals surface area contributed by atoms with Crippen molar-refractivity contribution >= 4 is 29.5 Å². The first kappa shape index (κ1) is 22.3. The van der Waals surface area contributed by atoms with E-state index < -0.39 is 5.97 Å². The van der Waals surface area contributed by atoms with Crippen LogP contribution in [0.5, 0.6) is 0 Å². The largest absolute Gasteiger partial charge is 0.462 e. The van der Waals surface area contributed by atoms with Crippen LogP contribution in [0.1, 0.15) is 66.2 Å². The Hall–Kier alpha value is -2.48. The molecular formula is C25H32N4O3S. The predicted octanol–water partition coefficient (Wildman–Crippen LogP) is 4.06. The standard InChI is InChI=1S/C25H32N4O3S/c1-2-32-24(31)21-15-28-29(22(21)26)20-5-3-19(4-6-20)23(30)27-7-8-33-25-12-16-9-17(13-25)11-18(10-16)14-25/h3-6,15-18H,2,7-14,26H2,1H3,(H,27,30). The normalized spacial score (nSPS) is 27.5. The first-order valence-electron chi connectivity index (χ1n) is 12.0. The number of anilines is 1. The van der Waals surface area contributed by atoms with Crippen molar-refractivity contribution < 1.29 is 14.3 Å². The Kier molecular flexibility index (Phi) is 6.12. The number of nitrogens with one attached hydrogen (secondary N) is 1. The van der Waals surface area contributed by atoms with Crippen LogP contribution in [0.15, 0.2) is 30.5 Å². The first-order valence-corrected chi connectivity index (χ1v) is 13.0. The molecule has 0 saturated heterocycles. The number of amides is 1. The zero-order valence-corrected chi connectivity index (χ0v) is 19.9. The van der Waals surface area contributed by atoms with Gasteiger partial charge in [-0.25, -0.2) is 9.48 Å². The topological polar surface area (TPSA) is 99.2 Å². The number of ether oxygens (including phenoxy) is 1. The lowest BCUT2D eigenvalue weighted by Gasteiger charge is -2.56. The van der Waals surface area contributed by atoms with Crippen molar-refractivity contribution in [1.82, 2.24) is 15.1 Å². The molecule has 0 radical (unpaired) electrons. The van der Waals surface area contributed by atoms with Gasteiger partial charge in [0.05, 0.1) is 18.5 Å². The van der Waals surface area contributed by atoms with Gasteiger partial charge < -0.3 is 15.8 Å². The van der Waals surface area contributed by atoms with Gasteiger partial charge in [-0.15, -0.1) is 0 Å². The molecule has 0 unspecified atom stereocenters. The molecule has 4 fully saturated rings. The fourth-order valence-corrected chi connectivity index (χ4v) is 8.12. The van der Waals surface area contributed by atoms with E-state index in [1.54, 1.807) is 31.2 Å². The average molecular weight is 469 g/mol. The monoisotopic (exact) mass is 468 g/mol. The number of rotatable bonds is 8. The summed E-state index contributed by atoms with van der Waals surface area (Å²) in [5.74, 6) is 3.47. The quantitative estimate of drug-likeness (QED) is 0.448. The second kappa shape index (κ2) is 9.05. The highest BCUT2D eigenvalue weighted by Gasteiger charge is 2.50. The minimum absolute atomic E-state index is 0.0756. The molecule has 4 saturated carbocycles. The Bertz CT molecular complexity index is 997. The molecule has 4 aliphatic rings. The molecule has 33 heavy (non-hydrogen) atoms. The summed E-state index contributed by atoms with van der Waals surface area (Å²) in [6, 6.07) is 7.05. The fourth-order valence-electron chi connectivity index (χ4n) is 6.43. The van der Waals surface area contributed by atoms with Crippen molar-refractivity contribution in [3.05, 3.63) is 41.6 Å². The van der Waals surface area contributed by atoms with Crippen molar-refractivity contribution in [1.29, 1.82) is 0 Å². The molecule has 1 amide bonds. The molecule has 0 aliphatic heterocycles. The minimum Gasteiger partial charge on any atom is -0.462 e. The fraction of sp³-hybridized carbons (Fsp3) is 0.560. The number of hydrogen-bond acceptors (Lipinski definition) is 6. The van der Waals surface area contributed by atoms with Crippen LogP contribution in [-0.4, -0.2) is 45.3 Å². The first-order chi connectivity index (χ1) is 16.0. The zero-order valence-electron chi connectivity index (χ0n) is 19.1. The van der Waals surface area contributed by atoms with Crippen LogP contribution in [0, 0.1) is 17.8 Å². The molecule has 3 N–H and O–H groups in total. The lowest BCUT2D eigenvalue weighted by atomic mass is 9.56. The number of thioether (sulfide) groups is 1. The van der Waals surface area contributed by atoms with Gasteiger partial charge in [0.1, 0.15) is 11.4 Å². The van der Waals surface area contributed by atoms with E-state index in [4.69, 9.17) is 10.5 Å². The number of nitrogens with two attached hydrogens (primary N) is 1. The number of nitrogens with zero attached hydrogens (tertiary/aromatic N) is 2. The van der Waals surface area contributed by atoms with Crippen LogP contribution in [0.4, 0.5) is 5.82 Å². The lowest BCUT2D eigenvalue weighted by molar-refractivity contribution is 0.0383. The zero-order chi connectivity index (χ0) is 23.0. The van der Waals surface area contributed by atoms with E-state index in [9.17, 15) is 9.59 Å². The van der Waals surface area contributed by atoms with Crippen molar-refractivity contribution in [2.75, 3.05) is 24.6 Å². The third-order valence-electron chi connectivity index (χ3n) is 7.45. The van der Waals surface area contributed by atoms with E-state index >= 15 is 0 Å². The maximum atomic E-state index is 12.6. The molecule has 6 rings (SSSR count). The van der Waals surface area contributed by atoms with E-state index in [0.29, 0.717) is 22.5 Å². The van der Waals surface area contributed by atoms with Gasteiger partial charge >= 0.3 is 5.97 Å². The van der Waals surface area contributed by atoms with Crippen molar-refractivity contribution in [3.8, 4) is 5.69 Å². The number of hydrogen-bond donors (Lipinski definition) is 2. The van der Waals surface area contributed by atoms with Gasteiger partial charge in [0, 0.05) is 22.6 Å². The third kappa shape index (κ3) is 4.50. The SMILES string of the molecule is CCOC(=O)c1cnn(-c2ccc(C(=O)NCCSC34CC5CC(CC(C5)C3)C4)cc2)c1N. The highest BCUT2D eigenvalue weighted by Crippen LogP contribution is 2.60. The van der Waals surface area contributed by atoms with Gasteiger partial charge in [-0.1, -0.05) is 0 Å².